The summed E-state index contributed by atoms with van der Waals surface area (Å²) in [6.45, 7) is 6.34. The van der Waals surface area contributed by atoms with E-state index in [1.165, 1.54) is 0 Å². The van der Waals surface area contributed by atoms with E-state index in [4.69, 9.17) is 0 Å². The van der Waals surface area contributed by atoms with Gasteiger partial charge in [-0.3, -0.25) is 9.59 Å². The number of allylic oxidation sites excluding steroid dienone is 2. The third-order valence-corrected chi connectivity index (χ3v) is 3.63. The fourth-order valence-electron chi connectivity index (χ4n) is 2.56. The fraction of sp³-hybridized carbons (Fsp3) is 0.733. The molecule has 0 heterocycles. The molecule has 2 nitrogen and oxygen atoms in total. The van der Waals surface area contributed by atoms with Gasteiger partial charge in [0.25, 0.3) is 0 Å². The van der Waals surface area contributed by atoms with Crippen LogP contribution < -0.4 is 0 Å². The molecule has 0 bridgehead atoms. The Morgan fingerprint density at radius 2 is 2.12 bits per heavy atom. The summed E-state index contributed by atoms with van der Waals surface area (Å²) >= 11 is 0. The molecule has 2 heteroatoms. The van der Waals surface area contributed by atoms with Crippen molar-refractivity contribution in [1.29, 1.82) is 0 Å². The summed E-state index contributed by atoms with van der Waals surface area (Å²) < 4.78 is 0. The van der Waals surface area contributed by atoms with Crippen LogP contribution in [0.3, 0.4) is 0 Å². The van der Waals surface area contributed by atoms with E-state index in [9.17, 15) is 9.59 Å². The molecule has 96 valence electrons. The van der Waals surface area contributed by atoms with E-state index in [-0.39, 0.29) is 0 Å². The Labute approximate surface area is 104 Å². The molecule has 0 amide bonds. The molecule has 0 unspecified atom stereocenters. The van der Waals surface area contributed by atoms with Gasteiger partial charge in [0.1, 0.15) is 12.1 Å². The van der Waals surface area contributed by atoms with Crippen LogP contribution in [-0.4, -0.2) is 12.1 Å². The summed E-state index contributed by atoms with van der Waals surface area (Å²) in [6.07, 6.45) is 7.32. The molecule has 1 aliphatic rings. The van der Waals surface area contributed by atoms with E-state index < -0.39 is 0 Å². The van der Waals surface area contributed by atoms with Gasteiger partial charge in [-0.05, 0) is 42.6 Å². The van der Waals surface area contributed by atoms with Crippen LogP contribution in [0.5, 0.6) is 0 Å². The molecule has 0 fully saturated rings. The van der Waals surface area contributed by atoms with Crippen molar-refractivity contribution in [2.45, 2.75) is 52.9 Å². The quantitative estimate of drug-likeness (QED) is 0.661. The van der Waals surface area contributed by atoms with Crippen molar-refractivity contribution in [1.82, 2.24) is 0 Å². The van der Waals surface area contributed by atoms with Crippen molar-refractivity contribution in [3.63, 3.8) is 0 Å². The molecule has 0 radical (unpaired) electrons. The normalized spacial score (nSPS) is 22.1. The predicted molar refractivity (Wildman–Crippen MR) is 69.7 cm³/mol. The lowest BCUT2D eigenvalue weighted by Gasteiger charge is -2.26. The average molecular weight is 236 g/mol. The summed E-state index contributed by atoms with van der Waals surface area (Å²) in [7, 11) is 0. The standard InChI is InChI=1S/C15H24O2/c1-11(2)8-15(17)9-12(3)14-6-4-13(10-16)5-7-14/h4,10-12,14H,5-9H2,1-3H3/t12-,14+/m1/s1. The van der Waals surface area contributed by atoms with E-state index in [0.717, 1.165) is 31.1 Å². The molecule has 1 rings (SSSR count). The lowest BCUT2D eigenvalue weighted by molar-refractivity contribution is -0.121. The van der Waals surface area contributed by atoms with Crippen LogP contribution >= 0.6 is 0 Å². The Balaban J connectivity index is 2.39. The van der Waals surface area contributed by atoms with Crippen LogP contribution in [-0.2, 0) is 9.59 Å². The summed E-state index contributed by atoms with van der Waals surface area (Å²) in [5.74, 6) is 1.88. The maximum absolute atomic E-state index is 11.8. The van der Waals surface area contributed by atoms with Crippen molar-refractivity contribution in [2.75, 3.05) is 0 Å². The van der Waals surface area contributed by atoms with E-state index >= 15 is 0 Å². The average Bonchev–Trinajstić information content (AvgIpc) is 2.28. The zero-order chi connectivity index (χ0) is 12.8. The van der Waals surface area contributed by atoms with Gasteiger partial charge in [0.15, 0.2) is 0 Å². The summed E-state index contributed by atoms with van der Waals surface area (Å²) in [4.78, 5) is 22.4. The van der Waals surface area contributed by atoms with Gasteiger partial charge < -0.3 is 0 Å². The highest BCUT2D eigenvalue weighted by Gasteiger charge is 2.22. The SMILES string of the molecule is CC(C)CC(=O)C[C@@H](C)[C@H]1CC=C(C=O)CC1. The number of carbonyl (C=O) groups excluding carboxylic acids is 2. The molecule has 0 N–H and O–H groups in total. The van der Waals surface area contributed by atoms with Gasteiger partial charge in [0.05, 0.1) is 0 Å². The van der Waals surface area contributed by atoms with E-state index in [0.29, 0.717) is 36.4 Å². The first-order chi connectivity index (χ1) is 8.02. The Kier molecular flexibility index (Phi) is 5.60. The molecule has 0 aliphatic heterocycles. The van der Waals surface area contributed by atoms with Gasteiger partial charge in [0, 0.05) is 12.8 Å². The second-order valence-electron chi connectivity index (χ2n) is 5.75. The highest BCUT2D eigenvalue weighted by Crippen LogP contribution is 2.30. The number of hydrogen-bond acceptors (Lipinski definition) is 2. The lowest BCUT2D eigenvalue weighted by atomic mass is 9.79. The van der Waals surface area contributed by atoms with Crippen LogP contribution in [0.2, 0.25) is 0 Å². The first-order valence-electron chi connectivity index (χ1n) is 6.68. The number of aldehydes is 1. The summed E-state index contributed by atoms with van der Waals surface area (Å²) in [5.41, 5.74) is 0.932. The van der Waals surface area contributed by atoms with Gasteiger partial charge in [0.2, 0.25) is 0 Å². The van der Waals surface area contributed by atoms with Crippen LogP contribution in [0.1, 0.15) is 52.9 Å². The third-order valence-electron chi connectivity index (χ3n) is 3.63. The first-order valence-corrected chi connectivity index (χ1v) is 6.68. The predicted octanol–water partition coefficient (Wildman–Crippen LogP) is 3.55. The van der Waals surface area contributed by atoms with Gasteiger partial charge in [-0.15, -0.1) is 0 Å². The largest absolute Gasteiger partial charge is 0.300 e. The highest BCUT2D eigenvalue weighted by molar-refractivity contribution is 5.78. The van der Waals surface area contributed by atoms with E-state index in [1.54, 1.807) is 0 Å². The van der Waals surface area contributed by atoms with Crippen molar-refractivity contribution >= 4 is 12.1 Å². The second-order valence-corrected chi connectivity index (χ2v) is 5.75. The topological polar surface area (TPSA) is 34.1 Å². The van der Waals surface area contributed by atoms with E-state index in [2.05, 4.69) is 20.8 Å². The highest BCUT2D eigenvalue weighted by atomic mass is 16.1. The maximum atomic E-state index is 11.8. The third kappa shape index (κ3) is 4.84. The molecule has 0 aromatic heterocycles. The molecule has 0 saturated carbocycles. The van der Waals surface area contributed by atoms with Crippen LogP contribution in [0.25, 0.3) is 0 Å². The van der Waals surface area contributed by atoms with Crippen molar-refractivity contribution in [3.05, 3.63) is 11.6 Å². The Morgan fingerprint density at radius 3 is 2.59 bits per heavy atom. The molecule has 0 spiro atoms. The Hall–Kier alpha value is -0.920. The Morgan fingerprint density at radius 1 is 1.41 bits per heavy atom. The van der Waals surface area contributed by atoms with Crippen LogP contribution in [0, 0.1) is 17.8 Å². The number of ketones is 1. The zero-order valence-electron chi connectivity index (χ0n) is 11.2. The second kappa shape index (κ2) is 6.73. The molecular weight excluding hydrogens is 212 g/mol. The molecule has 2 atom stereocenters. The minimum atomic E-state index is 0.387. The van der Waals surface area contributed by atoms with Gasteiger partial charge in [-0.25, -0.2) is 0 Å². The van der Waals surface area contributed by atoms with Crippen molar-refractivity contribution in [2.24, 2.45) is 17.8 Å². The lowest BCUT2D eigenvalue weighted by Crippen LogP contribution is -2.18. The first kappa shape index (κ1) is 14.1. The molecule has 0 aromatic carbocycles. The number of Topliss-reactive ketones (excluding diaryl/α,β-unsaturated/α-hetero) is 1. The minimum Gasteiger partial charge on any atom is -0.300 e. The zero-order valence-corrected chi connectivity index (χ0v) is 11.2. The molecule has 1 aliphatic carbocycles. The molecule has 0 aromatic rings. The smallest absolute Gasteiger partial charge is 0.145 e. The van der Waals surface area contributed by atoms with Crippen molar-refractivity contribution in [3.8, 4) is 0 Å². The van der Waals surface area contributed by atoms with Gasteiger partial charge in [-0.2, -0.15) is 0 Å². The van der Waals surface area contributed by atoms with Gasteiger partial charge in [-0.1, -0.05) is 26.8 Å². The van der Waals surface area contributed by atoms with Crippen LogP contribution in [0.4, 0.5) is 0 Å². The van der Waals surface area contributed by atoms with E-state index in [1.807, 2.05) is 6.08 Å². The number of rotatable bonds is 6. The number of carbonyl (C=O) groups is 2. The Bertz CT molecular complexity index is 302. The van der Waals surface area contributed by atoms with Gasteiger partial charge >= 0.3 is 0 Å². The summed E-state index contributed by atoms with van der Waals surface area (Å²) in [6, 6.07) is 0. The minimum absolute atomic E-state index is 0.387. The summed E-state index contributed by atoms with van der Waals surface area (Å²) in [5, 5.41) is 0. The fourth-order valence-corrected chi connectivity index (χ4v) is 2.56. The number of hydrogen-bond donors (Lipinski definition) is 0. The molecule has 0 saturated heterocycles. The maximum Gasteiger partial charge on any atom is 0.145 e. The molecule has 17 heavy (non-hydrogen) atoms. The van der Waals surface area contributed by atoms with Crippen molar-refractivity contribution < 1.29 is 9.59 Å². The van der Waals surface area contributed by atoms with Crippen LogP contribution in [0.15, 0.2) is 11.6 Å². The monoisotopic (exact) mass is 236 g/mol. The molecular formula is C15H24O2.